The van der Waals surface area contributed by atoms with Gasteiger partial charge in [-0.15, -0.1) is 0 Å². The molecule has 6 heteroatoms. The third kappa shape index (κ3) is 2.08. The number of rotatable bonds is 3. The quantitative estimate of drug-likeness (QED) is 0.794. The van der Waals surface area contributed by atoms with Crippen LogP contribution >= 0.6 is 0 Å². The van der Waals surface area contributed by atoms with Gasteiger partial charge in [0.05, 0.1) is 12.0 Å². The average molecular weight is 268 g/mol. The number of carboxylic acids is 1. The highest BCUT2D eigenvalue weighted by atomic mass is 16.5. The van der Waals surface area contributed by atoms with E-state index in [1.54, 1.807) is 12.0 Å². The van der Waals surface area contributed by atoms with Crippen molar-refractivity contribution in [3.05, 3.63) is 0 Å². The van der Waals surface area contributed by atoms with Crippen LogP contribution in [0.4, 0.5) is 4.79 Å². The van der Waals surface area contributed by atoms with Crippen molar-refractivity contribution in [1.82, 2.24) is 10.2 Å². The van der Waals surface area contributed by atoms with Gasteiger partial charge in [0, 0.05) is 25.2 Å². The van der Waals surface area contributed by atoms with Gasteiger partial charge in [0.25, 0.3) is 0 Å². The summed E-state index contributed by atoms with van der Waals surface area (Å²) in [5.41, 5.74) is 0. The first-order valence-electron chi connectivity index (χ1n) is 6.94. The fourth-order valence-electron chi connectivity index (χ4n) is 3.70. The molecule has 2 bridgehead atoms. The van der Waals surface area contributed by atoms with Crippen LogP contribution in [0.15, 0.2) is 0 Å². The molecule has 19 heavy (non-hydrogen) atoms. The third-order valence-corrected chi connectivity index (χ3v) is 4.84. The Morgan fingerprint density at radius 3 is 2.58 bits per heavy atom. The number of ether oxygens (including phenoxy) is 1. The van der Waals surface area contributed by atoms with Gasteiger partial charge in [-0.3, -0.25) is 4.79 Å². The summed E-state index contributed by atoms with van der Waals surface area (Å²) in [6, 6.07) is 0.0988. The zero-order chi connectivity index (χ0) is 13.6. The molecule has 2 saturated heterocycles. The summed E-state index contributed by atoms with van der Waals surface area (Å²) in [4.78, 5) is 25.2. The average Bonchev–Trinajstić information content (AvgIpc) is 2.90. The van der Waals surface area contributed by atoms with Gasteiger partial charge in [0.1, 0.15) is 0 Å². The van der Waals surface area contributed by atoms with E-state index in [2.05, 4.69) is 5.32 Å². The molecule has 0 aromatic heterocycles. The Bertz CT molecular complexity index is 394. The number of amides is 2. The molecule has 3 atom stereocenters. The number of urea groups is 1. The van der Waals surface area contributed by atoms with E-state index in [1.807, 2.05) is 0 Å². The smallest absolute Gasteiger partial charge is 0.318 e. The predicted octanol–water partition coefficient (Wildman–Crippen LogP) is 0.811. The summed E-state index contributed by atoms with van der Waals surface area (Å²) >= 11 is 0. The first kappa shape index (κ1) is 12.7. The summed E-state index contributed by atoms with van der Waals surface area (Å²) in [5.74, 6) is -1.15. The second-order valence-corrected chi connectivity index (χ2v) is 5.86. The van der Waals surface area contributed by atoms with Crippen molar-refractivity contribution in [3.8, 4) is 0 Å². The van der Waals surface area contributed by atoms with E-state index in [0.29, 0.717) is 6.42 Å². The molecule has 2 amide bonds. The van der Waals surface area contributed by atoms with Gasteiger partial charge in [-0.25, -0.2) is 4.79 Å². The SMILES string of the molecule is COC1CC(NC(=O)N2C3CCC2C(C(=O)O)C3)C1. The number of carbonyl (C=O) groups is 2. The van der Waals surface area contributed by atoms with Gasteiger partial charge in [0.15, 0.2) is 0 Å². The molecule has 6 nitrogen and oxygen atoms in total. The van der Waals surface area contributed by atoms with E-state index in [1.165, 1.54) is 0 Å². The molecule has 3 aliphatic rings. The normalized spacial score (nSPS) is 40.1. The molecular formula is C13H20N2O4. The van der Waals surface area contributed by atoms with Crippen molar-refractivity contribution in [2.24, 2.45) is 5.92 Å². The van der Waals surface area contributed by atoms with E-state index in [9.17, 15) is 9.59 Å². The maximum Gasteiger partial charge on any atom is 0.318 e. The maximum atomic E-state index is 12.3. The number of hydrogen-bond acceptors (Lipinski definition) is 3. The molecule has 0 radical (unpaired) electrons. The number of fused-ring (bicyclic) bond motifs is 2. The highest BCUT2D eigenvalue weighted by Gasteiger charge is 2.51. The third-order valence-electron chi connectivity index (χ3n) is 4.84. The second kappa shape index (κ2) is 4.67. The Morgan fingerprint density at radius 2 is 2.00 bits per heavy atom. The number of hydrogen-bond donors (Lipinski definition) is 2. The van der Waals surface area contributed by atoms with Crippen LogP contribution in [0, 0.1) is 5.92 Å². The molecule has 0 spiro atoms. The lowest BCUT2D eigenvalue weighted by Gasteiger charge is -2.36. The maximum absolute atomic E-state index is 12.3. The Morgan fingerprint density at radius 1 is 1.26 bits per heavy atom. The van der Waals surface area contributed by atoms with Gasteiger partial charge in [0.2, 0.25) is 0 Å². The Balaban J connectivity index is 1.58. The van der Waals surface area contributed by atoms with E-state index in [0.717, 1.165) is 25.7 Å². The summed E-state index contributed by atoms with van der Waals surface area (Å²) in [5, 5.41) is 12.2. The van der Waals surface area contributed by atoms with Gasteiger partial charge in [-0.1, -0.05) is 0 Å². The van der Waals surface area contributed by atoms with E-state index >= 15 is 0 Å². The first-order chi connectivity index (χ1) is 9.10. The summed E-state index contributed by atoms with van der Waals surface area (Å²) in [7, 11) is 1.68. The molecule has 3 rings (SSSR count). The predicted molar refractivity (Wildman–Crippen MR) is 66.7 cm³/mol. The molecular weight excluding hydrogens is 248 g/mol. The highest BCUT2D eigenvalue weighted by molar-refractivity contribution is 5.79. The number of carbonyl (C=O) groups excluding carboxylic acids is 1. The highest BCUT2D eigenvalue weighted by Crippen LogP contribution is 2.42. The van der Waals surface area contributed by atoms with Crippen molar-refractivity contribution >= 4 is 12.0 Å². The Hall–Kier alpha value is -1.30. The van der Waals surface area contributed by atoms with Gasteiger partial charge in [-0.2, -0.15) is 0 Å². The zero-order valence-corrected chi connectivity index (χ0v) is 11.0. The molecule has 2 heterocycles. The number of nitrogens with one attached hydrogen (secondary N) is 1. The van der Waals surface area contributed by atoms with Gasteiger partial charge < -0.3 is 20.1 Å². The number of methoxy groups -OCH3 is 1. The van der Waals surface area contributed by atoms with Crippen molar-refractivity contribution in [1.29, 1.82) is 0 Å². The lowest BCUT2D eigenvalue weighted by Crippen LogP contribution is -2.53. The summed E-state index contributed by atoms with van der Waals surface area (Å²) < 4.78 is 5.18. The lowest BCUT2D eigenvalue weighted by atomic mass is 9.89. The van der Waals surface area contributed by atoms with E-state index in [4.69, 9.17) is 9.84 Å². The Kier molecular flexibility index (Phi) is 3.12. The second-order valence-electron chi connectivity index (χ2n) is 5.86. The van der Waals surface area contributed by atoms with Crippen LogP contribution in [0.5, 0.6) is 0 Å². The van der Waals surface area contributed by atoms with Crippen LogP contribution in [0.3, 0.4) is 0 Å². The monoisotopic (exact) mass is 268 g/mol. The van der Waals surface area contributed by atoms with Crippen LogP contribution < -0.4 is 5.32 Å². The molecule has 1 aliphatic carbocycles. The fraction of sp³-hybridized carbons (Fsp3) is 0.846. The lowest BCUT2D eigenvalue weighted by molar-refractivity contribution is -0.142. The Labute approximate surface area is 112 Å². The van der Waals surface area contributed by atoms with Crippen LogP contribution in [0.2, 0.25) is 0 Å². The van der Waals surface area contributed by atoms with E-state index < -0.39 is 5.97 Å². The van der Waals surface area contributed by atoms with Crippen molar-refractivity contribution in [3.63, 3.8) is 0 Å². The van der Waals surface area contributed by atoms with Gasteiger partial charge >= 0.3 is 12.0 Å². The molecule has 3 fully saturated rings. The van der Waals surface area contributed by atoms with E-state index in [-0.39, 0.29) is 36.2 Å². The fourth-order valence-corrected chi connectivity index (χ4v) is 3.70. The standard InChI is InChI=1S/C13H20N2O4/c1-19-9-4-7(5-9)14-13(18)15-8-2-3-11(15)10(6-8)12(16)17/h7-11H,2-6H2,1H3,(H,14,18)(H,16,17). The van der Waals surface area contributed by atoms with Crippen molar-refractivity contribution in [2.45, 2.75) is 56.3 Å². The minimum Gasteiger partial charge on any atom is -0.481 e. The summed E-state index contributed by atoms with van der Waals surface area (Å²) in [6.45, 7) is 0. The minimum atomic E-state index is -0.770. The molecule has 2 aliphatic heterocycles. The molecule has 0 aromatic carbocycles. The topological polar surface area (TPSA) is 78.9 Å². The molecule has 2 N–H and O–H groups in total. The van der Waals surface area contributed by atoms with Crippen LogP contribution in [0.1, 0.15) is 32.1 Å². The molecule has 3 unspecified atom stereocenters. The van der Waals surface area contributed by atoms with Crippen molar-refractivity contribution < 1.29 is 19.4 Å². The number of nitrogens with zero attached hydrogens (tertiary/aromatic N) is 1. The number of carboxylic acid groups (broad SMARTS) is 1. The molecule has 1 saturated carbocycles. The van der Waals surface area contributed by atoms with Crippen LogP contribution in [0.25, 0.3) is 0 Å². The largest absolute Gasteiger partial charge is 0.481 e. The number of aliphatic carboxylic acids is 1. The van der Waals surface area contributed by atoms with Crippen LogP contribution in [-0.4, -0.2) is 53.3 Å². The zero-order valence-electron chi connectivity index (χ0n) is 11.0. The first-order valence-corrected chi connectivity index (χ1v) is 6.94. The minimum absolute atomic E-state index is 0.0872. The van der Waals surface area contributed by atoms with Crippen molar-refractivity contribution in [2.75, 3.05) is 7.11 Å². The molecule has 106 valence electrons. The molecule has 0 aromatic rings. The van der Waals surface area contributed by atoms with Gasteiger partial charge in [-0.05, 0) is 32.1 Å². The summed E-state index contributed by atoms with van der Waals surface area (Å²) in [6.07, 6.45) is 4.33. The van der Waals surface area contributed by atoms with Crippen LogP contribution in [-0.2, 0) is 9.53 Å².